The van der Waals surface area contributed by atoms with E-state index in [2.05, 4.69) is 0 Å². The van der Waals surface area contributed by atoms with Crippen LogP contribution in [-0.4, -0.2) is 15.5 Å². The van der Waals surface area contributed by atoms with E-state index in [9.17, 15) is 8.42 Å². The Morgan fingerprint density at radius 3 is 2.36 bits per heavy atom. The highest BCUT2D eigenvalue weighted by atomic mass is 35.5. The molecule has 1 rings (SSSR count). The van der Waals surface area contributed by atoms with Crippen LogP contribution in [0.1, 0.15) is 0 Å². The number of ether oxygens (including phenoxy) is 1. The van der Waals surface area contributed by atoms with Crippen LogP contribution in [0.2, 0.25) is 10.0 Å². The second-order valence-corrected chi connectivity index (χ2v) is 4.72. The zero-order valence-corrected chi connectivity index (χ0v) is 9.45. The van der Waals surface area contributed by atoms with Gasteiger partial charge in [-0.1, -0.05) is 23.2 Å². The SMILES string of the molecule is COc1ccc(Cl)c(Cl)c1S(N)(=O)=O. The van der Waals surface area contributed by atoms with Crippen molar-refractivity contribution >= 4 is 33.2 Å². The lowest BCUT2D eigenvalue weighted by Gasteiger charge is -2.08. The number of rotatable bonds is 2. The summed E-state index contributed by atoms with van der Waals surface area (Å²) in [6.07, 6.45) is 0. The highest BCUT2D eigenvalue weighted by molar-refractivity contribution is 7.89. The molecule has 0 amide bonds. The maximum atomic E-state index is 11.1. The standard InChI is InChI=1S/C7H7Cl2NO3S/c1-13-5-3-2-4(8)6(9)7(5)14(10,11)12/h2-3H,1H3,(H2,10,11,12). The highest BCUT2D eigenvalue weighted by Gasteiger charge is 2.21. The summed E-state index contributed by atoms with van der Waals surface area (Å²) in [7, 11) is -2.63. The molecule has 1 aromatic rings. The van der Waals surface area contributed by atoms with Crippen molar-refractivity contribution in [2.45, 2.75) is 4.90 Å². The van der Waals surface area contributed by atoms with Crippen LogP contribution >= 0.6 is 23.2 Å². The van der Waals surface area contributed by atoms with Crippen molar-refractivity contribution in [1.82, 2.24) is 0 Å². The van der Waals surface area contributed by atoms with Gasteiger partial charge in [-0.15, -0.1) is 0 Å². The van der Waals surface area contributed by atoms with E-state index < -0.39 is 10.0 Å². The van der Waals surface area contributed by atoms with E-state index in [1.54, 1.807) is 0 Å². The fourth-order valence-electron chi connectivity index (χ4n) is 0.940. The minimum absolute atomic E-state index is 0.0712. The Morgan fingerprint density at radius 1 is 1.36 bits per heavy atom. The second-order valence-electron chi connectivity index (χ2n) is 2.44. The first-order valence-corrected chi connectivity index (χ1v) is 5.73. The molecule has 0 atom stereocenters. The smallest absolute Gasteiger partial charge is 0.243 e. The minimum atomic E-state index is -3.94. The van der Waals surface area contributed by atoms with Crippen LogP contribution in [-0.2, 0) is 10.0 Å². The van der Waals surface area contributed by atoms with Gasteiger partial charge >= 0.3 is 0 Å². The number of nitrogens with two attached hydrogens (primary N) is 1. The van der Waals surface area contributed by atoms with E-state index in [0.717, 1.165) is 0 Å². The Balaban J connectivity index is 3.60. The average Bonchev–Trinajstić information content (AvgIpc) is 2.07. The van der Waals surface area contributed by atoms with Crippen LogP contribution in [0, 0.1) is 0 Å². The van der Waals surface area contributed by atoms with Gasteiger partial charge in [-0.25, -0.2) is 13.6 Å². The maximum absolute atomic E-state index is 11.1. The minimum Gasteiger partial charge on any atom is -0.495 e. The predicted octanol–water partition coefficient (Wildman–Crippen LogP) is 1.65. The molecular weight excluding hydrogens is 249 g/mol. The summed E-state index contributed by atoms with van der Waals surface area (Å²) in [5.74, 6) is 0.0712. The van der Waals surface area contributed by atoms with Gasteiger partial charge < -0.3 is 4.74 Å². The quantitative estimate of drug-likeness (QED) is 0.874. The number of primary sulfonamides is 1. The average molecular weight is 256 g/mol. The Bertz CT molecular complexity index is 458. The molecular formula is C7H7Cl2NO3S. The molecule has 2 N–H and O–H groups in total. The van der Waals surface area contributed by atoms with Gasteiger partial charge in [0.15, 0.2) is 0 Å². The largest absolute Gasteiger partial charge is 0.495 e. The maximum Gasteiger partial charge on any atom is 0.243 e. The predicted molar refractivity (Wildman–Crippen MR) is 54.4 cm³/mol. The van der Waals surface area contributed by atoms with E-state index >= 15 is 0 Å². The van der Waals surface area contributed by atoms with Gasteiger partial charge in [0.25, 0.3) is 0 Å². The summed E-state index contributed by atoms with van der Waals surface area (Å²) in [6, 6.07) is 2.81. The summed E-state index contributed by atoms with van der Waals surface area (Å²) < 4.78 is 27.1. The van der Waals surface area contributed by atoms with Gasteiger partial charge in [-0.3, -0.25) is 0 Å². The molecule has 7 heteroatoms. The molecule has 0 bridgehead atoms. The van der Waals surface area contributed by atoms with Crippen LogP contribution in [0.3, 0.4) is 0 Å². The van der Waals surface area contributed by atoms with Crippen LogP contribution < -0.4 is 9.88 Å². The number of halogens is 2. The van der Waals surface area contributed by atoms with E-state index in [-0.39, 0.29) is 20.7 Å². The van der Waals surface area contributed by atoms with Gasteiger partial charge in [0, 0.05) is 0 Å². The van der Waals surface area contributed by atoms with Crippen molar-refractivity contribution in [3.63, 3.8) is 0 Å². The summed E-state index contributed by atoms with van der Waals surface area (Å²) in [6.45, 7) is 0. The van der Waals surface area contributed by atoms with Crippen molar-refractivity contribution in [1.29, 1.82) is 0 Å². The van der Waals surface area contributed by atoms with E-state index in [0.29, 0.717) is 0 Å². The molecule has 0 fully saturated rings. The summed E-state index contributed by atoms with van der Waals surface area (Å²) in [4.78, 5) is -0.297. The first-order valence-electron chi connectivity index (χ1n) is 3.42. The van der Waals surface area contributed by atoms with Crippen molar-refractivity contribution in [3.05, 3.63) is 22.2 Å². The molecule has 0 radical (unpaired) electrons. The third kappa shape index (κ3) is 2.12. The third-order valence-corrected chi connectivity index (χ3v) is 3.41. The molecule has 0 saturated carbocycles. The Kier molecular flexibility index (Phi) is 3.26. The first-order chi connectivity index (χ1) is 6.38. The Labute approximate surface area is 91.6 Å². The zero-order chi connectivity index (χ0) is 10.9. The lowest BCUT2D eigenvalue weighted by molar-refractivity contribution is 0.403. The molecule has 0 unspecified atom stereocenters. The molecule has 1 aromatic carbocycles. The highest BCUT2D eigenvalue weighted by Crippen LogP contribution is 2.35. The number of hydrogen-bond acceptors (Lipinski definition) is 3. The summed E-state index contributed by atoms with van der Waals surface area (Å²) in [5.41, 5.74) is 0. The molecule has 78 valence electrons. The molecule has 14 heavy (non-hydrogen) atoms. The van der Waals surface area contributed by atoms with Gasteiger partial charge in [0.2, 0.25) is 10.0 Å². The molecule has 0 spiro atoms. The number of sulfonamides is 1. The molecule has 4 nitrogen and oxygen atoms in total. The van der Waals surface area contributed by atoms with Crippen LogP contribution in [0.5, 0.6) is 5.75 Å². The summed E-state index contributed by atoms with van der Waals surface area (Å²) in [5, 5.41) is 4.93. The first kappa shape index (κ1) is 11.6. The Morgan fingerprint density at radius 2 is 1.93 bits per heavy atom. The van der Waals surface area contributed by atoms with Crippen LogP contribution in [0.15, 0.2) is 17.0 Å². The van der Waals surface area contributed by atoms with Gasteiger partial charge in [-0.2, -0.15) is 0 Å². The third-order valence-electron chi connectivity index (χ3n) is 1.52. The fraction of sp³-hybridized carbons (Fsp3) is 0.143. The molecule has 0 aromatic heterocycles. The monoisotopic (exact) mass is 255 g/mol. The Hall–Kier alpha value is -0.490. The molecule has 0 aliphatic rings. The lowest BCUT2D eigenvalue weighted by atomic mass is 10.3. The van der Waals surface area contributed by atoms with Gasteiger partial charge in [-0.05, 0) is 12.1 Å². The van der Waals surface area contributed by atoms with Gasteiger partial charge in [0.1, 0.15) is 10.6 Å². The zero-order valence-electron chi connectivity index (χ0n) is 7.12. The summed E-state index contributed by atoms with van der Waals surface area (Å²) >= 11 is 11.3. The number of methoxy groups -OCH3 is 1. The van der Waals surface area contributed by atoms with E-state index in [4.69, 9.17) is 33.1 Å². The topological polar surface area (TPSA) is 69.4 Å². The van der Waals surface area contributed by atoms with E-state index in [1.807, 2.05) is 0 Å². The molecule has 0 aliphatic heterocycles. The fourth-order valence-corrected chi connectivity index (χ4v) is 2.42. The molecule has 0 aliphatic carbocycles. The number of benzene rings is 1. The molecule has 0 heterocycles. The number of hydrogen-bond donors (Lipinski definition) is 1. The normalized spacial score (nSPS) is 11.4. The molecule has 0 saturated heterocycles. The van der Waals surface area contributed by atoms with Crippen molar-refractivity contribution in [3.8, 4) is 5.75 Å². The van der Waals surface area contributed by atoms with E-state index in [1.165, 1.54) is 19.2 Å². The van der Waals surface area contributed by atoms with Crippen LogP contribution in [0.4, 0.5) is 0 Å². The van der Waals surface area contributed by atoms with Crippen LogP contribution in [0.25, 0.3) is 0 Å². The lowest BCUT2D eigenvalue weighted by Crippen LogP contribution is -2.14. The van der Waals surface area contributed by atoms with Gasteiger partial charge in [0.05, 0.1) is 17.2 Å². The van der Waals surface area contributed by atoms with Crippen molar-refractivity contribution in [2.75, 3.05) is 7.11 Å². The second kappa shape index (κ2) is 3.94. The van der Waals surface area contributed by atoms with Crippen molar-refractivity contribution in [2.24, 2.45) is 5.14 Å². The van der Waals surface area contributed by atoms with Crippen molar-refractivity contribution < 1.29 is 13.2 Å².